The number of carbonyl (C=O) groups is 2. The van der Waals surface area contributed by atoms with Crippen LogP contribution in [0, 0.1) is 0 Å². The number of rotatable bonds is 11. The fourth-order valence-electron chi connectivity index (χ4n) is 3.35. The minimum Gasteiger partial charge on any atom is -0.481 e. The largest absolute Gasteiger partial charge is 0.481 e. The topological polar surface area (TPSA) is 110 Å². The number of hydrogen-bond acceptors (Lipinski definition) is 5. The molecule has 2 N–H and O–H groups in total. The van der Waals surface area contributed by atoms with E-state index in [0.29, 0.717) is 29.2 Å². The average molecular weight is 482 g/mol. The Labute approximate surface area is 199 Å². The number of aliphatic carboxylic acids is 1. The molecule has 0 bridgehead atoms. The predicted octanol–water partition coefficient (Wildman–Crippen LogP) is 3.55. The van der Waals surface area contributed by atoms with E-state index < -0.39 is 15.8 Å². The average Bonchev–Trinajstić information content (AvgIpc) is 2.79. The highest BCUT2D eigenvalue weighted by Crippen LogP contribution is 2.28. The number of hydrogen-bond donors (Lipinski definition) is 2. The molecule has 8 heteroatoms. The Kier molecular flexibility index (Phi) is 8.43. The van der Waals surface area contributed by atoms with Gasteiger partial charge in [0, 0.05) is 12.8 Å². The molecule has 0 unspecified atom stereocenters. The molecule has 0 fully saturated rings. The zero-order valence-corrected chi connectivity index (χ0v) is 19.7. The van der Waals surface area contributed by atoms with Crippen LogP contribution in [-0.2, 0) is 45.2 Å². The van der Waals surface area contributed by atoms with Gasteiger partial charge >= 0.3 is 5.97 Å². The number of carbonyl (C=O) groups excluding carboxylic acids is 1. The summed E-state index contributed by atoms with van der Waals surface area (Å²) in [6.45, 7) is 0.467. The standard InChI is InChI=1S/C26H27NO6S/c1-34(31,32)14-13-22-15-21(17-26(29)30)9-12-24(22)33-23-10-7-19(8-11-23)16-25(28)27-18-20-5-3-2-4-6-20/h2-12,15H,13-14,16-18H2,1H3,(H,27,28)(H,29,30). The van der Waals surface area contributed by atoms with Gasteiger partial charge in [-0.2, -0.15) is 0 Å². The minimum absolute atomic E-state index is 0.0725. The fraction of sp³-hybridized carbons (Fsp3) is 0.231. The summed E-state index contributed by atoms with van der Waals surface area (Å²) in [5, 5.41) is 11.9. The van der Waals surface area contributed by atoms with Crippen molar-refractivity contribution < 1.29 is 27.9 Å². The molecule has 7 nitrogen and oxygen atoms in total. The third kappa shape index (κ3) is 8.37. The fourth-order valence-corrected chi connectivity index (χ4v) is 3.95. The van der Waals surface area contributed by atoms with Gasteiger partial charge in [-0.15, -0.1) is 0 Å². The van der Waals surface area contributed by atoms with Gasteiger partial charge in [0.15, 0.2) is 0 Å². The Balaban J connectivity index is 1.65. The number of carboxylic acid groups (broad SMARTS) is 1. The van der Waals surface area contributed by atoms with Crippen molar-refractivity contribution >= 4 is 21.7 Å². The van der Waals surface area contributed by atoms with E-state index in [0.717, 1.165) is 17.4 Å². The molecule has 3 aromatic carbocycles. The molecule has 3 aromatic rings. The quantitative estimate of drug-likeness (QED) is 0.433. The van der Waals surface area contributed by atoms with Crippen molar-refractivity contribution in [3.63, 3.8) is 0 Å². The lowest BCUT2D eigenvalue weighted by molar-refractivity contribution is -0.136. The van der Waals surface area contributed by atoms with Crippen molar-refractivity contribution in [3.05, 3.63) is 95.1 Å². The van der Waals surface area contributed by atoms with Gasteiger partial charge in [-0.05, 0) is 46.9 Å². The molecule has 0 aliphatic rings. The van der Waals surface area contributed by atoms with E-state index in [9.17, 15) is 18.0 Å². The maximum absolute atomic E-state index is 12.2. The SMILES string of the molecule is CS(=O)(=O)CCc1cc(CC(=O)O)ccc1Oc1ccc(CC(=O)NCc2ccccc2)cc1. The second-order valence-corrected chi connectivity index (χ2v) is 10.3. The summed E-state index contributed by atoms with van der Waals surface area (Å²) < 4.78 is 29.2. The number of sulfone groups is 1. The molecular weight excluding hydrogens is 454 g/mol. The summed E-state index contributed by atoms with van der Waals surface area (Å²) in [5.41, 5.74) is 3.04. The normalized spacial score (nSPS) is 11.1. The van der Waals surface area contributed by atoms with Crippen LogP contribution in [0.4, 0.5) is 0 Å². The van der Waals surface area contributed by atoms with Crippen molar-refractivity contribution in [2.24, 2.45) is 0 Å². The van der Waals surface area contributed by atoms with Crippen LogP contribution in [0.5, 0.6) is 11.5 Å². The van der Waals surface area contributed by atoms with Crippen LogP contribution >= 0.6 is 0 Å². The molecule has 34 heavy (non-hydrogen) atoms. The summed E-state index contributed by atoms with van der Waals surface area (Å²) in [4.78, 5) is 23.3. The van der Waals surface area contributed by atoms with Crippen LogP contribution in [0.1, 0.15) is 22.3 Å². The highest BCUT2D eigenvalue weighted by Gasteiger charge is 2.12. The third-order valence-electron chi connectivity index (χ3n) is 5.07. The van der Waals surface area contributed by atoms with Gasteiger partial charge in [-0.1, -0.05) is 54.6 Å². The molecule has 0 saturated heterocycles. The zero-order valence-electron chi connectivity index (χ0n) is 18.9. The lowest BCUT2D eigenvalue weighted by atomic mass is 10.1. The number of amides is 1. The van der Waals surface area contributed by atoms with E-state index in [1.807, 2.05) is 30.3 Å². The van der Waals surface area contributed by atoms with Crippen molar-refractivity contribution in [2.75, 3.05) is 12.0 Å². The Hall–Kier alpha value is -3.65. The molecule has 0 atom stereocenters. The van der Waals surface area contributed by atoms with E-state index in [1.165, 1.54) is 0 Å². The van der Waals surface area contributed by atoms with E-state index >= 15 is 0 Å². The third-order valence-corrected chi connectivity index (χ3v) is 6.02. The lowest BCUT2D eigenvalue weighted by Crippen LogP contribution is -2.24. The summed E-state index contributed by atoms with van der Waals surface area (Å²) in [6, 6.07) is 21.7. The van der Waals surface area contributed by atoms with E-state index in [4.69, 9.17) is 9.84 Å². The summed E-state index contributed by atoms with van der Waals surface area (Å²) in [6.07, 6.45) is 1.44. The zero-order chi connectivity index (χ0) is 24.6. The first kappa shape index (κ1) is 25.0. The maximum atomic E-state index is 12.2. The summed E-state index contributed by atoms with van der Waals surface area (Å²) in [5.74, 6) is -0.136. The number of aryl methyl sites for hydroxylation is 1. The van der Waals surface area contributed by atoms with Crippen LogP contribution < -0.4 is 10.1 Å². The van der Waals surface area contributed by atoms with Crippen molar-refractivity contribution in [3.8, 4) is 11.5 Å². The highest BCUT2D eigenvalue weighted by atomic mass is 32.2. The molecule has 0 spiro atoms. The van der Waals surface area contributed by atoms with Gasteiger partial charge in [0.05, 0.1) is 18.6 Å². The van der Waals surface area contributed by atoms with Gasteiger partial charge in [0.2, 0.25) is 5.91 Å². The molecule has 0 radical (unpaired) electrons. The number of benzene rings is 3. The van der Waals surface area contributed by atoms with E-state index in [-0.39, 0.29) is 30.9 Å². The molecule has 0 aliphatic heterocycles. The maximum Gasteiger partial charge on any atom is 0.307 e. The van der Waals surface area contributed by atoms with Crippen LogP contribution in [0.3, 0.4) is 0 Å². The van der Waals surface area contributed by atoms with Crippen LogP contribution in [0.25, 0.3) is 0 Å². The van der Waals surface area contributed by atoms with Crippen molar-refractivity contribution in [1.82, 2.24) is 5.32 Å². The first-order valence-corrected chi connectivity index (χ1v) is 12.8. The first-order chi connectivity index (χ1) is 16.2. The second kappa shape index (κ2) is 11.5. The van der Waals surface area contributed by atoms with Gasteiger partial charge in [0.25, 0.3) is 0 Å². The summed E-state index contributed by atoms with van der Waals surface area (Å²) in [7, 11) is -3.20. The smallest absolute Gasteiger partial charge is 0.307 e. The van der Waals surface area contributed by atoms with Crippen LogP contribution in [0.2, 0.25) is 0 Å². The van der Waals surface area contributed by atoms with Crippen molar-refractivity contribution in [1.29, 1.82) is 0 Å². The van der Waals surface area contributed by atoms with Gasteiger partial charge in [-0.3, -0.25) is 9.59 Å². The number of carboxylic acids is 1. The lowest BCUT2D eigenvalue weighted by Gasteiger charge is -2.13. The Morgan fingerprint density at radius 3 is 2.21 bits per heavy atom. The van der Waals surface area contributed by atoms with Crippen molar-refractivity contribution in [2.45, 2.75) is 25.8 Å². The van der Waals surface area contributed by atoms with Crippen LogP contribution in [-0.4, -0.2) is 37.4 Å². The van der Waals surface area contributed by atoms with Gasteiger partial charge < -0.3 is 15.2 Å². The number of nitrogens with one attached hydrogen (secondary N) is 1. The van der Waals surface area contributed by atoms with E-state index in [1.54, 1.807) is 42.5 Å². The van der Waals surface area contributed by atoms with Crippen LogP contribution in [0.15, 0.2) is 72.8 Å². The Morgan fingerprint density at radius 2 is 1.56 bits per heavy atom. The van der Waals surface area contributed by atoms with E-state index in [2.05, 4.69) is 5.32 Å². The van der Waals surface area contributed by atoms with Gasteiger partial charge in [-0.25, -0.2) is 8.42 Å². The molecule has 0 aromatic heterocycles. The molecular formula is C26H27NO6S. The molecule has 0 heterocycles. The molecule has 1 amide bonds. The van der Waals surface area contributed by atoms with Gasteiger partial charge in [0.1, 0.15) is 21.3 Å². The number of ether oxygens (including phenoxy) is 1. The minimum atomic E-state index is -3.20. The monoisotopic (exact) mass is 481 g/mol. The summed E-state index contributed by atoms with van der Waals surface area (Å²) >= 11 is 0. The second-order valence-electron chi connectivity index (χ2n) is 8.08. The Bertz CT molecular complexity index is 1240. The predicted molar refractivity (Wildman–Crippen MR) is 130 cm³/mol. The molecule has 0 saturated carbocycles. The molecule has 178 valence electrons. The highest BCUT2D eigenvalue weighted by molar-refractivity contribution is 7.90. The molecule has 0 aliphatic carbocycles. The first-order valence-electron chi connectivity index (χ1n) is 10.8. The Morgan fingerprint density at radius 1 is 0.882 bits per heavy atom. The molecule has 3 rings (SSSR count).